The van der Waals surface area contributed by atoms with Crippen LogP contribution in [-0.4, -0.2) is 67.0 Å². The van der Waals surface area contributed by atoms with E-state index in [-0.39, 0.29) is 32.0 Å². The van der Waals surface area contributed by atoms with Gasteiger partial charge in [-0.1, -0.05) is 18.2 Å². The lowest BCUT2D eigenvalue weighted by Crippen LogP contribution is -2.59. The topological polar surface area (TPSA) is 113 Å². The number of nitrogens with zero attached hydrogens (tertiary/aromatic N) is 2. The van der Waals surface area contributed by atoms with E-state index in [9.17, 15) is 18.4 Å². The normalized spacial score (nSPS) is 21.4. The van der Waals surface area contributed by atoms with Gasteiger partial charge < -0.3 is 15.7 Å². The second-order valence-corrected chi connectivity index (χ2v) is 10.4. The highest BCUT2D eigenvalue weighted by molar-refractivity contribution is 7.91. The van der Waals surface area contributed by atoms with Crippen molar-refractivity contribution in [3.63, 3.8) is 0 Å². The lowest BCUT2D eigenvalue weighted by molar-refractivity contribution is -0.123. The van der Waals surface area contributed by atoms with E-state index in [0.717, 1.165) is 16.2 Å². The van der Waals surface area contributed by atoms with Crippen LogP contribution in [0.15, 0.2) is 18.2 Å². The van der Waals surface area contributed by atoms with Crippen LogP contribution in [0.4, 0.5) is 0 Å². The van der Waals surface area contributed by atoms with Crippen LogP contribution in [0.3, 0.4) is 0 Å². The predicted molar refractivity (Wildman–Crippen MR) is 109 cm³/mol. The van der Waals surface area contributed by atoms with Crippen LogP contribution in [-0.2, 0) is 26.1 Å². The molecule has 0 bridgehead atoms. The van der Waals surface area contributed by atoms with Crippen molar-refractivity contribution in [1.29, 1.82) is 0 Å². The van der Waals surface area contributed by atoms with Gasteiger partial charge in [-0.25, -0.2) is 12.7 Å². The number of rotatable bonds is 6. The molecule has 0 unspecified atom stereocenters. The third kappa shape index (κ3) is 4.34. The monoisotopic (exact) mass is 425 g/mol. The lowest BCUT2D eigenvalue weighted by atomic mass is 9.88. The zero-order valence-electron chi connectivity index (χ0n) is 17.1. The number of benzene rings is 1. The van der Waals surface area contributed by atoms with Crippen molar-refractivity contribution in [1.82, 2.24) is 9.37 Å². The maximum Gasteiger partial charge on any atom is 0.240 e. The summed E-state index contributed by atoms with van der Waals surface area (Å²) in [5.41, 5.74) is 8.90. The van der Waals surface area contributed by atoms with Crippen LogP contribution in [0.5, 0.6) is 0 Å². The molecule has 0 aliphatic carbocycles. The van der Waals surface area contributed by atoms with E-state index < -0.39 is 20.7 Å². The molecule has 1 amide bonds. The molecule has 0 saturated carbocycles. The number of amides is 1. The van der Waals surface area contributed by atoms with E-state index in [0.29, 0.717) is 32.5 Å². The molecule has 162 valence electrons. The molecule has 1 aromatic carbocycles. The summed E-state index contributed by atoms with van der Waals surface area (Å²) >= 11 is 0. The molecule has 0 spiro atoms. The van der Waals surface area contributed by atoms with E-state index in [1.807, 2.05) is 13.0 Å². The van der Waals surface area contributed by atoms with E-state index in [1.54, 1.807) is 7.05 Å². The fraction of sp³-hybridized carbons (Fsp3) is 0.650. The van der Waals surface area contributed by atoms with Gasteiger partial charge in [-0.2, -0.15) is 5.06 Å². The molecule has 3 rings (SSSR count). The van der Waals surface area contributed by atoms with E-state index in [1.165, 1.54) is 9.87 Å². The van der Waals surface area contributed by atoms with Crippen molar-refractivity contribution in [3.8, 4) is 0 Å². The van der Waals surface area contributed by atoms with Gasteiger partial charge >= 0.3 is 0 Å². The van der Waals surface area contributed by atoms with Gasteiger partial charge in [0, 0.05) is 52.7 Å². The molecule has 2 aliphatic rings. The smallest absolute Gasteiger partial charge is 0.240 e. The first kappa shape index (κ1) is 22.2. The first-order valence-electron chi connectivity index (χ1n) is 10.0. The number of sulfonamides is 1. The first-order chi connectivity index (χ1) is 13.7. The lowest BCUT2D eigenvalue weighted by Gasteiger charge is -2.40. The number of carbonyl (C=O) groups excluding carboxylic acids is 1. The molecule has 2 heterocycles. The molecule has 2 fully saturated rings. The molecule has 1 aromatic rings. The Bertz CT molecular complexity index is 842. The Morgan fingerprint density at radius 1 is 1.31 bits per heavy atom. The number of hydrogen-bond acceptors (Lipinski definition) is 6. The molecule has 8 nitrogen and oxygen atoms in total. The number of ether oxygens (including phenoxy) is 1. The molecule has 0 radical (unpaired) electrons. The number of carbonyl (C=O) groups is 1. The molecule has 0 atom stereocenters. The highest BCUT2D eigenvalue weighted by atomic mass is 32.2. The molecule has 2 saturated heterocycles. The van der Waals surface area contributed by atoms with Gasteiger partial charge in [0.1, 0.15) is 0 Å². The van der Waals surface area contributed by atoms with Crippen molar-refractivity contribution >= 4 is 15.9 Å². The molecular formula is C20H31N3O5S. The number of nitrogens with two attached hydrogens (primary N) is 1. The standard InChI is InChI=1S/C20H31N3O5S/c1-15-13-17(3-4-18(15)14-22(2)25)16-5-9-23(10-6-16)29(26,27)20(19(21)24)7-11-28-12-8-20/h3-4,13,16,25H,5-12,14H2,1-2H3,(H2,21,24). The maximum absolute atomic E-state index is 13.3. The van der Waals surface area contributed by atoms with Gasteiger partial charge in [0.25, 0.3) is 0 Å². The second-order valence-electron chi connectivity index (χ2n) is 8.15. The van der Waals surface area contributed by atoms with E-state index >= 15 is 0 Å². The molecule has 3 N–H and O–H groups in total. The number of hydrogen-bond donors (Lipinski definition) is 2. The second kappa shape index (κ2) is 8.69. The summed E-state index contributed by atoms with van der Waals surface area (Å²) in [5.74, 6) is -0.511. The number of hydroxylamine groups is 2. The Kier molecular flexibility index (Phi) is 6.64. The van der Waals surface area contributed by atoms with Crippen LogP contribution < -0.4 is 5.73 Å². The van der Waals surface area contributed by atoms with Gasteiger partial charge in [-0.3, -0.25) is 4.79 Å². The SMILES string of the molecule is Cc1cc(C2CCN(S(=O)(=O)C3(C(N)=O)CCOCC3)CC2)ccc1CN(C)O. The quantitative estimate of drug-likeness (QED) is 0.666. The minimum absolute atomic E-state index is 0.116. The average Bonchev–Trinajstić information content (AvgIpc) is 2.69. The number of primary amides is 1. The predicted octanol–water partition coefficient (Wildman–Crippen LogP) is 1.36. The highest BCUT2D eigenvalue weighted by Crippen LogP contribution is 2.36. The Hall–Kier alpha value is -1.52. The third-order valence-corrected chi connectivity index (χ3v) is 8.92. The largest absolute Gasteiger partial charge is 0.381 e. The number of aryl methyl sites for hydroxylation is 1. The summed E-state index contributed by atoms with van der Waals surface area (Å²) in [7, 11) is -2.22. The minimum atomic E-state index is -3.83. The minimum Gasteiger partial charge on any atom is -0.381 e. The Morgan fingerprint density at radius 3 is 2.45 bits per heavy atom. The Morgan fingerprint density at radius 2 is 1.93 bits per heavy atom. The van der Waals surface area contributed by atoms with Crippen molar-refractivity contribution < 1.29 is 23.2 Å². The highest BCUT2D eigenvalue weighted by Gasteiger charge is 2.53. The molecule has 2 aliphatic heterocycles. The zero-order chi connectivity index (χ0) is 21.2. The third-order valence-electron chi connectivity index (χ3n) is 6.27. The zero-order valence-corrected chi connectivity index (χ0v) is 18.0. The van der Waals surface area contributed by atoms with Crippen molar-refractivity contribution in [2.24, 2.45) is 5.73 Å². The molecule has 29 heavy (non-hydrogen) atoms. The van der Waals surface area contributed by atoms with Crippen molar-refractivity contribution in [3.05, 3.63) is 34.9 Å². The summed E-state index contributed by atoms with van der Waals surface area (Å²) in [4.78, 5) is 12.1. The van der Waals surface area contributed by atoms with Gasteiger partial charge in [-0.05, 0) is 42.4 Å². The van der Waals surface area contributed by atoms with Crippen LogP contribution in [0.25, 0.3) is 0 Å². The average molecular weight is 426 g/mol. The molecule has 9 heteroatoms. The Balaban J connectivity index is 1.71. The fourth-order valence-electron chi connectivity index (χ4n) is 4.41. The summed E-state index contributed by atoms with van der Waals surface area (Å²) < 4.78 is 31.7. The number of piperidine rings is 1. The van der Waals surface area contributed by atoms with Crippen molar-refractivity contribution in [2.45, 2.75) is 49.8 Å². The van der Waals surface area contributed by atoms with Gasteiger partial charge in [0.05, 0.1) is 0 Å². The van der Waals surface area contributed by atoms with Crippen LogP contribution in [0, 0.1) is 6.92 Å². The van der Waals surface area contributed by atoms with Crippen LogP contribution in [0.1, 0.15) is 48.3 Å². The molecular weight excluding hydrogens is 394 g/mol. The van der Waals surface area contributed by atoms with E-state index in [2.05, 4.69) is 12.1 Å². The Labute approximate surface area is 172 Å². The first-order valence-corrected chi connectivity index (χ1v) is 11.5. The maximum atomic E-state index is 13.3. The summed E-state index contributed by atoms with van der Waals surface area (Å²) in [6.07, 6.45) is 1.63. The summed E-state index contributed by atoms with van der Waals surface area (Å²) in [6, 6.07) is 6.20. The summed E-state index contributed by atoms with van der Waals surface area (Å²) in [6.45, 7) is 3.69. The van der Waals surface area contributed by atoms with Crippen molar-refractivity contribution in [2.75, 3.05) is 33.4 Å². The van der Waals surface area contributed by atoms with Crippen LogP contribution in [0.2, 0.25) is 0 Å². The summed E-state index contributed by atoms with van der Waals surface area (Å²) in [5, 5.41) is 10.6. The fourth-order valence-corrected chi connectivity index (χ4v) is 6.53. The van der Waals surface area contributed by atoms with Gasteiger partial charge in [0.15, 0.2) is 4.75 Å². The van der Waals surface area contributed by atoms with E-state index in [4.69, 9.17) is 10.5 Å². The van der Waals surface area contributed by atoms with Gasteiger partial charge in [-0.15, -0.1) is 0 Å². The van der Waals surface area contributed by atoms with Crippen LogP contribution >= 0.6 is 0 Å². The van der Waals surface area contributed by atoms with Gasteiger partial charge in [0.2, 0.25) is 15.9 Å². The molecule has 0 aromatic heterocycles.